The van der Waals surface area contributed by atoms with Crippen LogP contribution in [0.2, 0.25) is 0 Å². The van der Waals surface area contributed by atoms with Crippen LogP contribution in [0.1, 0.15) is 10.4 Å². The van der Waals surface area contributed by atoms with Gasteiger partial charge in [0.25, 0.3) is 0 Å². The lowest BCUT2D eigenvalue weighted by molar-refractivity contribution is 0.0695. The van der Waals surface area contributed by atoms with Crippen molar-refractivity contribution in [3.05, 3.63) is 32.8 Å². The second-order valence-electron chi connectivity index (χ2n) is 3.11. The number of halogens is 2. The molecule has 2 aromatic rings. The molecule has 0 amide bonds. The number of aromatic hydroxyl groups is 1. The maximum atomic E-state index is 11.0. The van der Waals surface area contributed by atoms with E-state index in [-0.39, 0.29) is 16.8 Å². The molecule has 0 saturated heterocycles. The molecule has 82 valence electrons. The fourth-order valence-corrected chi connectivity index (χ4v) is 2.21. The SMILES string of the molecule is O=C(O)c1c(O)c(Br)cc2cc(Br)cnc12. The van der Waals surface area contributed by atoms with Crippen molar-refractivity contribution >= 4 is 48.7 Å². The monoisotopic (exact) mass is 345 g/mol. The number of carbonyl (C=O) groups is 1. The summed E-state index contributed by atoms with van der Waals surface area (Å²) in [5.41, 5.74) is 0.0632. The zero-order chi connectivity index (χ0) is 11.9. The van der Waals surface area contributed by atoms with E-state index in [2.05, 4.69) is 36.8 Å². The smallest absolute Gasteiger partial charge is 0.341 e. The molecule has 2 rings (SSSR count). The summed E-state index contributed by atoms with van der Waals surface area (Å²) < 4.78 is 1.08. The Morgan fingerprint density at radius 1 is 1.31 bits per heavy atom. The van der Waals surface area contributed by atoms with Gasteiger partial charge in [-0.05, 0) is 44.0 Å². The van der Waals surface area contributed by atoms with E-state index in [9.17, 15) is 9.90 Å². The number of carboxylic acids is 1. The van der Waals surface area contributed by atoms with Gasteiger partial charge in [0.2, 0.25) is 0 Å². The molecule has 0 unspecified atom stereocenters. The Kier molecular flexibility index (Phi) is 2.86. The molecule has 0 spiro atoms. The van der Waals surface area contributed by atoms with Crippen molar-refractivity contribution in [2.45, 2.75) is 0 Å². The largest absolute Gasteiger partial charge is 0.506 e. The van der Waals surface area contributed by atoms with Gasteiger partial charge < -0.3 is 10.2 Å². The van der Waals surface area contributed by atoms with Gasteiger partial charge in [-0.25, -0.2) is 4.79 Å². The number of aromatic nitrogens is 1. The van der Waals surface area contributed by atoms with Crippen LogP contribution in [0.5, 0.6) is 5.75 Å². The van der Waals surface area contributed by atoms with Crippen molar-refractivity contribution in [2.75, 3.05) is 0 Å². The van der Waals surface area contributed by atoms with Crippen LogP contribution in [0, 0.1) is 0 Å². The van der Waals surface area contributed by atoms with Gasteiger partial charge in [0.1, 0.15) is 11.3 Å². The van der Waals surface area contributed by atoms with Gasteiger partial charge in [-0.15, -0.1) is 0 Å². The lowest BCUT2D eigenvalue weighted by Crippen LogP contribution is -2.00. The Labute approximate surface area is 107 Å². The van der Waals surface area contributed by atoms with Crippen molar-refractivity contribution in [1.29, 1.82) is 0 Å². The molecule has 6 heteroatoms. The third-order valence-corrected chi connectivity index (χ3v) is 3.12. The number of phenols is 1. The van der Waals surface area contributed by atoms with Crippen LogP contribution in [-0.2, 0) is 0 Å². The minimum Gasteiger partial charge on any atom is -0.506 e. The summed E-state index contributed by atoms with van der Waals surface area (Å²) in [6.45, 7) is 0. The van der Waals surface area contributed by atoms with Gasteiger partial charge in [0, 0.05) is 16.1 Å². The van der Waals surface area contributed by atoms with E-state index in [0.717, 1.165) is 4.47 Å². The Hall–Kier alpha value is -1.14. The molecule has 2 N–H and O–H groups in total. The van der Waals surface area contributed by atoms with Crippen LogP contribution in [0.15, 0.2) is 27.3 Å². The summed E-state index contributed by atoms with van der Waals surface area (Å²) in [7, 11) is 0. The highest BCUT2D eigenvalue weighted by Gasteiger charge is 2.18. The van der Waals surface area contributed by atoms with Gasteiger partial charge in [0.15, 0.2) is 0 Å². The van der Waals surface area contributed by atoms with Gasteiger partial charge in [-0.1, -0.05) is 0 Å². The van der Waals surface area contributed by atoms with Gasteiger partial charge >= 0.3 is 5.97 Å². The fraction of sp³-hybridized carbons (Fsp3) is 0. The van der Waals surface area contributed by atoms with E-state index >= 15 is 0 Å². The molecular formula is C10H5Br2NO3. The summed E-state index contributed by atoms with van der Waals surface area (Å²) in [6, 6.07) is 3.36. The molecule has 4 nitrogen and oxygen atoms in total. The quantitative estimate of drug-likeness (QED) is 0.832. The maximum absolute atomic E-state index is 11.0. The molecule has 0 atom stereocenters. The van der Waals surface area contributed by atoms with Crippen LogP contribution in [0.3, 0.4) is 0 Å². The molecule has 16 heavy (non-hydrogen) atoms. The second-order valence-corrected chi connectivity index (χ2v) is 4.88. The normalized spacial score (nSPS) is 10.6. The molecule has 0 aliphatic rings. The third-order valence-electron chi connectivity index (χ3n) is 2.08. The highest BCUT2D eigenvalue weighted by molar-refractivity contribution is 9.10. The number of aromatic carboxylic acids is 1. The first kappa shape index (κ1) is 11.3. The lowest BCUT2D eigenvalue weighted by Gasteiger charge is -2.06. The van der Waals surface area contributed by atoms with Crippen LogP contribution >= 0.6 is 31.9 Å². The lowest BCUT2D eigenvalue weighted by atomic mass is 10.1. The number of fused-ring (bicyclic) bond motifs is 1. The van der Waals surface area contributed by atoms with E-state index < -0.39 is 5.97 Å². The van der Waals surface area contributed by atoms with Gasteiger partial charge in [0.05, 0.1) is 9.99 Å². The number of pyridine rings is 1. The average Bonchev–Trinajstić information content (AvgIpc) is 2.19. The van der Waals surface area contributed by atoms with E-state index in [4.69, 9.17) is 5.11 Å². The molecule has 0 radical (unpaired) electrons. The molecule has 0 fully saturated rings. The third kappa shape index (κ3) is 1.78. The second kappa shape index (κ2) is 4.03. The van der Waals surface area contributed by atoms with Crippen LogP contribution in [0.25, 0.3) is 10.9 Å². The molecule has 0 bridgehead atoms. The zero-order valence-corrected chi connectivity index (χ0v) is 10.9. The van der Waals surface area contributed by atoms with Gasteiger partial charge in [-0.2, -0.15) is 0 Å². The average molecular weight is 347 g/mol. The molecule has 0 saturated carbocycles. The highest BCUT2D eigenvalue weighted by atomic mass is 79.9. The molecule has 0 aliphatic heterocycles. The van der Waals surface area contributed by atoms with Crippen molar-refractivity contribution in [3.8, 4) is 5.75 Å². The van der Waals surface area contributed by atoms with Crippen molar-refractivity contribution in [2.24, 2.45) is 0 Å². The predicted molar refractivity (Wildman–Crippen MR) is 65.8 cm³/mol. The number of hydrogen-bond donors (Lipinski definition) is 2. The number of nitrogens with zero attached hydrogens (tertiary/aromatic N) is 1. The Bertz CT molecular complexity index is 598. The summed E-state index contributed by atoms with van der Waals surface area (Å²) in [5, 5.41) is 19.3. The number of rotatable bonds is 1. The summed E-state index contributed by atoms with van der Waals surface area (Å²) in [6.07, 6.45) is 1.49. The Morgan fingerprint density at radius 3 is 2.62 bits per heavy atom. The zero-order valence-electron chi connectivity index (χ0n) is 7.74. The van der Waals surface area contributed by atoms with Crippen LogP contribution in [-0.4, -0.2) is 21.2 Å². The van der Waals surface area contributed by atoms with E-state index in [0.29, 0.717) is 9.86 Å². The molecule has 1 heterocycles. The Morgan fingerprint density at radius 2 is 2.00 bits per heavy atom. The maximum Gasteiger partial charge on any atom is 0.341 e. The van der Waals surface area contributed by atoms with Crippen LogP contribution in [0.4, 0.5) is 0 Å². The van der Waals surface area contributed by atoms with Crippen molar-refractivity contribution in [1.82, 2.24) is 4.98 Å². The number of hydrogen-bond acceptors (Lipinski definition) is 3. The van der Waals surface area contributed by atoms with Gasteiger partial charge in [-0.3, -0.25) is 4.98 Å². The first-order chi connectivity index (χ1) is 7.50. The van der Waals surface area contributed by atoms with Crippen molar-refractivity contribution < 1.29 is 15.0 Å². The standard InChI is InChI=1S/C10H5Br2NO3/c11-5-1-4-2-6(12)9(14)7(10(15)16)8(4)13-3-5/h1-3,14H,(H,15,16). The summed E-state index contributed by atoms with van der Waals surface area (Å²) in [4.78, 5) is 15.0. The minimum absolute atomic E-state index is 0.197. The Balaban J connectivity index is 2.94. The molecule has 1 aromatic heterocycles. The van der Waals surface area contributed by atoms with E-state index in [1.807, 2.05) is 0 Å². The number of benzene rings is 1. The van der Waals surface area contributed by atoms with Crippen molar-refractivity contribution in [3.63, 3.8) is 0 Å². The summed E-state index contributed by atoms with van der Waals surface area (Å²) in [5.74, 6) is -1.52. The summed E-state index contributed by atoms with van der Waals surface area (Å²) >= 11 is 6.35. The molecule has 0 aliphatic carbocycles. The fourth-order valence-electron chi connectivity index (χ4n) is 1.41. The minimum atomic E-state index is -1.21. The molecule has 1 aromatic carbocycles. The molecular weight excluding hydrogens is 342 g/mol. The topological polar surface area (TPSA) is 70.4 Å². The first-order valence-electron chi connectivity index (χ1n) is 4.20. The van der Waals surface area contributed by atoms with E-state index in [1.165, 1.54) is 6.20 Å². The number of carboxylic acid groups (broad SMARTS) is 1. The van der Waals surface area contributed by atoms with Crippen LogP contribution < -0.4 is 0 Å². The predicted octanol–water partition coefficient (Wildman–Crippen LogP) is 3.16. The van der Waals surface area contributed by atoms with E-state index in [1.54, 1.807) is 12.1 Å². The first-order valence-corrected chi connectivity index (χ1v) is 5.79. The highest BCUT2D eigenvalue weighted by Crippen LogP contribution is 2.34.